The standard InChI is InChI=1S/C16H26N2O2S/c1-13-14(12-21(2)20)8-7-9-15(13)18-16(19)10-5-3-4-6-11-17/h7-9H,3-6,10-12,17H2,1-2H3,(H,18,19). The normalized spacial score (nSPS) is 12.1. The second-order valence-corrected chi connectivity index (χ2v) is 6.74. The molecule has 118 valence electrons. The first-order chi connectivity index (χ1) is 10.0. The highest BCUT2D eigenvalue weighted by molar-refractivity contribution is 7.83. The number of rotatable bonds is 9. The summed E-state index contributed by atoms with van der Waals surface area (Å²) in [4.78, 5) is 11.9. The van der Waals surface area contributed by atoms with Gasteiger partial charge in [-0.1, -0.05) is 25.0 Å². The lowest BCUT2D eigenvalue weighted by Gasteiger charge is -2.12. The summed E-state index contributed by atoms with van der Waals surface area (Å²) < 4.78 is 11.3. The zero-order valence-corrected chi connectivity index (χ0v) is 13.8. The van der Waals surface area contributed by atoms with Gasteiger partial charge in [0.05, 0.1) is 0 Å². The van der Waals surface area contributed by atoms with Gasteiger partial charge in [-0.05, 0) is 43.5 Å². The van der Waals surface area contributed by atoms with Gasteiger partial charge in [-0.2, -0.15) is 0 Å². The van der Waals surface area contributed by atoms with E-state index in [0.717, 1.165) is 49.0 Å². The minimum absolute atomic E-state index is 0.0422. The van der Waals surface area contributed by atoms with Crippen LogP contribution in [-0.2, 0) is 21.3 Å². The molecule has 1 atom stereocenters. The summed E-state index contributed by atoms with van der Waals surface area (Å²) in [6, 6.07) is 5.75. The van der Waals surface area contributed by atoms with Gasteiger partial charge in [-0.3, -0.25) is 9.00 Å². The van der Waals surface area contributed by atoms with Crippen LogP contribution in [0.3, 0.4) is 0 Å². The molecule has 4 nitrogen and oxygen atoms in total. The van der Waals surface area contributed by atoms with E-state index in [1.165, 1.54) is 0 Å². The van der Waals surface area contributed by atoms with Gasteiger partial charge in [0, 0.05) is 34.9 Å². The number of anilines is 1. The Morgan fingerprint density at radius 3 is 2.62 bits per heavy atom. The molecule has 3 N–H and O–H groups in total. The van der Waals surface area contributed by atoms with Crippen molar-refractivity contribution in [3.8, 4) is 0 Å². The molecule has 0 aromatic heterocycles. The van der Waals surface area contributed by atoms with Gasteiger partial charge in [0.1, 0.15) is 0 Å². The van der Waals surface area contributed by atoms with Crippen LogP contribution in [0.15, 0.2) is 18.2 Å². The highest BCUT2D eigenvalue weighted by atomic mass is 32.2. The lowest BCUT2D eigenvalue weighted by atomic mass is 10.1. The molecule has 0 bridgehead atoms. The summed E-state index contributed by atoms with van der Waals surface area (Å²) >= 11 is 0. The predicted molar refractivity (Wildman–Crippen MR) is 89.7 cm³/mol. The molecule has 1 aromatic carbocycles. The topological polar surface area (TPSA) is 72.2 Å². The Bertz CT molecular complexity index is 489. The molecule has 21 heavy (non-hydrogen) atoms. The summed E-state index contributed by atoms with van der Waals surface area (Å²) in [7, 11) is -0.879. The fourth-order valence-corrected chi connectivity index (χ4v) is 2.94. The van der Waals surface area contributed by atoms with Crippen LogP contribution in [0.1, 0.15) is 43.2 Å². The van der Waals surface area contributed by atoms with Crippen LogP contribution < -0.4 is 11.1 Å². The number of unbranched alkanes of at least 4 members (excludes halogenated alkanes) is 3. The van der Waals surface area contributed by atoms with Gasteiger partial charge in [-0.15, -0.1) is 0 Å². The number of hydrogen-bond donors (Lipinski definition) is 2. The van der Waals surface area contributed by atoms with E-state index in [0.29, 0.717) is 12.2 Å². The van der Waals surface area contributed by atoms with E-state index in [4.69, 9.17) is 5.73 Å². The largest absolute Gasteiger partial charge is 0.330 e. The maximum absolute atomic E-state index is 11.9. The van der Waals surface area contributed by atoms with E-state index in [9.17, 15) is 9.00 Å². The molecule has 0 aliphatic carbocycles. The third-order valence-electron chi connectivity index (χ3n) is 3.44. The van der Waals surface area contributed by atoms with E-state index in [1.807, 2.05) is 25.1 Å². The van der Waals surface area contributed by atoms with E-state index in [-0.39, 0.29) is 5.91 Å². The van der Waals surface area contributed by atoms with Crippen LogP contribution >= 0.6 is 0 Å². The van der Waals surface area contributed by atoms with Crippen molar-refractivity contribution in [1.29, 1.82) is 0 Å². The Morgan fingerprint density at radius 1 is 1.24 bits per heavy atom. The van der Waals surface area contributed by atoms with Crippen molar-refractivity contribution in [2.75, 3.05) is 18.1 Å². The summed E-state index contributed by atoms with van der Waals surface area (Å²) in [6.45, 7) is 2.68. The lowest BCUT2D eigenvalue weighted by molar-refractivity contribution is -0.116. The van der Waals surface area contributed by atoms with Crippen molar-refractivity contribution >= 4 is 22.4 Å². The predicted octanol–water partition coefficient (Wildman–Crippen LogP) is 2.72. The second kappa shape index (κ2) is 9.68. The molecule has 1 unspecified atom stereocenters. The maximum atomic E-state index is 11.9. The molecule has 0 saturated carbocycles. The molecule has 0 radical (unpaired) electrons. The monoisotopic (exact) mass is 310 g/mol. The number of carbonyl (C=O) groups is 1. The highest BCUT2D eigenvalue weighted by Gasteiger charge is 2.08. The first-order valence-electron chi connectivity index (χ1n) is 7.43. The number of benzene rings is 1. The zero-order valence-electron chi connectivity index (χ0n) is 13.0. The molecular formula is C16H26N2O2S. The zero-order chi connectivity index (χ0) is 15.7. The van der Waals surface area contributed by atoms with Gasteiger partial charge < -0.3 is 11.1 Å². The quantitative estimate of drug-likeness (QED) is 0.689. The summed E-state index contributed by atoms with van der Waals surface area (Å²) in [5.41, 5.74) is 8.29. The van der Waals surface area contributed by atoms with Gasteiger partial charge in [0.25, 0.3) is 0 Å². The summed E-state index contributed by atoms with van der Waals surface area (Å²) in [5, 5.41) is 2.95. The van der Waals surface area contributed by atoms with E-state index in [2.05, 4.69) is 5.32 Å². The molecular weight excluding hydrogens is 284 g/mol. The number of carbonyl (C=O) groups excluding carboxylic acids is 1. The second-order valence-electron chi connectivity index (χ2n) is 5.31. The first-order valence-corrected chi connectivity index (χ1v) is 9.15. The Hall–Kier alpha value is -1.20. The van der Waals surface area contributed by atoms with E-state index in [1.54, 1.807) is 6.26 Å². The fourth-order valence-electron chi connectivity index (χ4n) is 2.19. The van der Waals surface area contributed by atoms with Gasteiger partial charge in [0.2, 0.25) is 5.91 Å². The highest BCUT2D eigenvalue weighted by Crippen LogP contribution is 2.20. The molecule has 0 saturated heterocycles. The molecule has 0 fully saturated rings. The molecule has 1 rings (SSSR count). The first kappa shape index (κ1) is 17.9. The Kier molecular flexibility index (Phi) is 8.23. The third-order valence-corrected chi connectivity index (χ3v) is 4.15. The molecule has 1 aromatic rings. The Labute approximate surface area is 130 Å². The van der Waals surface area contributed by atoms with Crippen LogP contribution in [-0.4, -0.2) is 22.9 Å². The minimum atomic E-state index is -0.879. The van der Waals surface area contributed by atoms with Crippen LogP contribution in [0.2, 0.25) is 0 Å². The van der Waals surface area contributed by atoms with Crippen molar-refractivity contribution in [3.05, 3.63) is 29.3 Å². The third kappa shape index (κ3) is 6.87. The summed E-state index contributed by atoms with van der Waals surface area (Å²) in [5.74, 6) is 0.565. The van der Waals surface area contributed by atoms with Crippen molar-refractivity contribution in [2.24, 2.45) is 5.73 Å². The molecule has 0 spiro atoms. The van der Waals surface area contributed by atoms with Crippen molar-refractivity contribution in [1.82, 2.24) is 0 Å². The molecule has 0 heterocycles. The maximum Gasteiger partial charge on any atom is 0.224 e. The van der Waals surface area contributed by atoms with Gasteiger partial charge in [-0.25, -0.2) is 0 Å². The molecule has 5 heteroatoms. The number of hydrogen-bond acceptors (Lipinski definition) is 3. The van der Waals surface area contributed by atoms with Crippen molar-refractivity contribution in [2.45, 2.75) is 44.8 Å². The number of nitrogens with two attached hydrogens (primary N) is 1. The van der Waals surface area contributed by atoms with Crippen molar-refractivity contribution in [3.63, 3.8) is 0 Å². The lowest BCUT2D eigenvalue weighted by Crippen LogP contribution is -2.13. The van der Waals surface area contributed by atoms with E-state index < -0.39 is 10.8 Å². The van der Waals surface area contributed by atoms with Crippen LogP contribution in [0, 0.1) is 6.92 Å². The average Bonchev–Trinajstić information content (AvgIpc) is 2.42. The smallest absolute Gasteiger partial charge is 0.224 e. The number of amides is 1. The molecule has 0 aliphatic heterocycles. The Morgan fingerprint density at radius 2 is 1.95 bits per heavy atom. The van der Waals surface area contributed by atoms with Crippen LogP contribution in [0.4, 0.5) is 5.69 Å². The van der Waals surface area contributed by atoms with Crippen LogP contribution in [0.25, 0.3) is 0 Å². The van der Waals surface area contributed by atoms with E-state index >= 15 is 0 Å². The SMILES string of the molecule is Cc1c(CS(C)=O)cccc1NC(=O)CCCCCCN. The number of nitrogens with one attached hydrogen (secondary N) is 1. The van der Waals surface area contributed by atoms with Crippen molar-refractivity contribution < 1.29 is 9.00 Å². The van der Waals surface area contributed by atoms with Crippen LogP contribution in [0.5, 0.6) is 0 Å². The molecule has 0 aliphatic rings. The van der Waals surface area contributed by atoms with Gasteiger partial charge >= 0.3 is 0 Å². The minimum Gasteiger partial charge on any atom is -0.330 e. The molecule has 1 amide bonds. The fraction of sp³-hybridized carbons (Fsp3) is 0.562. The summed E-state index contributed by atoms with van der Waals surface area (Å²) in [6.07, 6.45) is 6.26. The Balaban J connectivity index is 2.50. The average molecular weight is 310 g/mol. The van der Waals surface area contributed by atoms with Gasteiger partial charge in [0.15, 0.2) is 0 Å².